The molecule has 24 heavy (non-hydrogen) atoms. The van der Waals surface area contributed by atoms with Crippen molar-refractivity contribution in [2.24, 2.45) is 0 Å². The van der Waals surface area contributed by atoms with Gasteiger partial charge < -0.3 is 14.2 Å². The van der Waals surface area contributed by atoms with E-state index in [9.17, 15) is 4.79 Å². The van der Waals surface area contributed by atoms with Crippen molar-refractivity contribution in [1.29, 1.82) is 0 Å². The number of aromatic nitrogens is 2. The SMILES string of the molecule is CCOc1ccc(C(=O)N2CCN(CCn3ccnc3)CC2)cc1. The van der Waals surface area contributed by atoms with Crippen LogP contribution in [0, 0.1) is 0 Å². The molecule has 0 spiro atoms. The molecule has 0 aliphatic carbocycles. The van der Waals surface area contributed by atoms with Gasteiger partial charge in [0.1, 0.15) is 5.75 Å². The highest BCUT2D eigenvalue weighted by Gasteiger charge is 2.21. The summed E-state index contributed by atoms with van der Waals surface area (Å²) in [6.07, 6.45) is 5.62. The molecule has 128 valence electrons. The maximum absolute atomic E-state index is 12.6. The molecule has 0 atom stereocenters. The smallest absolute Gasteiger partial charge is 0.253 e. The second-order valence-corrected chi connectivity index (χ2v) is 5.89. The van der Waals surface area contributed by atoms with E-state index in [0.29, 0.717) is 6.61 Å². The number of ether oxygens (including phenoxy) is 1. The number of hydrogen-bond acceptors (Lipinski definition) is 4. The van der Waals surface area contributed by atoms with E-state index in [-0.39, 0.29) is 5.91 Å². The van der Waals surface area contributed by atoms with Gasteiger partial charge in [-0.1, -0.05) is 0 Å². The van der Waals surface area contributed by atoms with Gasteiger partial charge in [0.2, 0.25) is 0 Å². The molecule has 2 aromatic rings. The monoisotopic (exact) mass is 328 g/mol. The molecule has 0 bridgehead atoms. The van der Waals surface area contributed by atoms with Crippen LogP contribution in [0.5, 0.6) is 5.75 Å². The van der Waals surface area contributed by atoms with Gasteiger partial charge in [0.25, 0.3) is 5.91 Å². The van der Waals surface area contributed by atoms with E-state index in [1.165, 1.54) is 0 Å². The summed E-state index contributed by atoms with van der Waals surface area (Å²) in [5, 5.41) is 0. The minimum atomic E-state index is 0.104. The third kappa shape index (κ3) is 4.14. The molecule has 6 heteroatoms. The number of imidazole rings is 1. The lowest BCUT2D eigenvalue weighted by molar-refractivity contribution is 0.0633. The van der Waals surface area contributed by atoms with Crippen LogP contribution < -0.4 is 4.74 Å². The summed E-state index contributed by atoms with van der Waals surface area (Å²) < 4.78 is 7.50. The van der Waals surface area contributed by atoms with Crippen LogP contribution in [0.3, 0.4) is 0 Å². The topological polar surface area (TPSA) is 50.6 Å². The predicted octanol–water partition coefficient (Wildman–Crippen LogP) is 1.74. The Morgan fingerprint density at radius 1 is 1.12 bits per heavy atom. The Kier molecular flexibility index (Phi) is 5.48. The van der Waals surface area contributed by atoms with Crippen molar-refractivity contribution < 1.29 is 9.53 Å². The van der Waals surface area contributed by atoms with Gasteiger partial charge in [-0.3, -0.25) is 9.69 Å². The molecule has 1 aliphatic rings. The first-order valence-corrected chi connectivity index (χ1v) is 8.46. The Balaban J connectivity index is 1.47. The van der Waals surface area contributed by atoms with E-state index >= 15 is 0 Å². The van der Waals surface area contributed by atoms with Gasteiger partial charge in [0.15, 0.2) is 0 Å². The maximum atomic E-state index is 12.6. The molecular weight excluding hydrogens is 304 g/mol. The third-order valence-electron chi connectivity index (χ3n) is 4.31. The van der Waals surface area contributed by atoms with Crippen LogP contribution in [0.4, 0.5) is 0 Å². The molecule has 1 amide bonds. The molecule has 1 fully saturated rings. The summed E-state index contributed by atoms with van der Waals surface area (Å²) >= 11 is 0. The molecule has 1 aliphatic heterocycles. The molecular formula is C18H24N4O2. The number of rotatable bonds is 6. The number of carbonyl (C=O) groups excluding carboxylic acids is 1. The molecule has 0 saturated carbocycles. The average Bonchev–Trinajstić information content (AvgIpc) is 3.14. The van der Waals surface area contributed by atoms with E-state index < -0.39 is 0 Å². The van der Waals surface area contributed by atoms with Crippen molar-refractivity contribution in [3.05, 3.63) is 48.5 Å². The fourth-order valence-corrected chi connectivity index (χ4v) is 2.89. The second-order valence-electron chi connectivity index (χ2n) is 5.89. The van der Waals surface area contributed by atoms with Crippen molar-refractivity contribution in [2.75, 3.05) is 39.3 Å². The molecule has 0 radical (unpaired) electrons. The summed E-state index contributed by atoms with van der Waals surface area (Å²) in [5.41, 5.74) is 0.727. The molecule has 1 aromatic carbocycles. The van der Waals surface area contributed by atoms with Gasteiger partial charge in [-0.15, -0.1) is 0 Å². The standard InChI is InChI=1S/C18H24N4O2/c1-2-24-17-5-3-16(4-6-17)18(23)22-13-11-20(12-14-22)9-10-21-8-7-19-15-21/h3-8,15H,2,9-14H2,1H3. The number of amides is 1. The largest absolute Gasteiger partial charge is 0.494 e. The van der Waals surface area contributed by atoms with Crippen LogP contribution in [0.2, 0.25) is 0 Å². The third-order valence-corrected chi connectivity index (χ3v) is 4.31. The van der Waals surface area contributed by atoms with E-state index in [0.717, 1.165) is 50.6 Å². The van der Waals surface area contributed by atoms with Gasteiger partial charge in [-0.2, -0.15) is 0 Å². The van der Waals surface area contributed by atoms with Crippen molar-refractivity contribution in [2.45, 2.75) is 13.5 Å². The van der Waals surface area contributed by atoms with E-state index in [1.807, 2.05) is 48.6 Å². The predicted molar refractivity (Wildman–Crippen MR) is 92.2 cm³/mol. The molecule has 2 heterocycles. The van der Waals surface area contributed by atoms with Crippen LogP contribution in [0.25, 0.3) is 0 Å². The fourth-order valence-electron chi connectivity index (χ4n) is 2.89. The van der Waals surface area contributed by atoms with Crippen LogP contribution in [0.1, 0.15) is 17.3 Å². The fraction of sp³-hybridized carbons (Fsp3) is 0.444. The van der Waals surface area contributed by atoms with Crippen LogP contribution in [-0.4, -0.2) is 64.6 Å². The summed E-state index contributed by atoms with van der Waals surface area (Å²) in [6, 6.07) is 7.41. The zero-order chi connectivity index (χ0) is 16.8. The highest BCUT2D eigenvalue weighted by atomic mass is 16.5. The Labute approximate surface area is 142 Å². The highest BCUT2D eigenvalue weighted by Crippen LogP contribution is 2.15. The van der Waals surface area contributed by atoms with Gasteiger partial charge in [-0.25, -0.2) is 4.98 Å². The molecule has 6 nitrogen and oxygen atoms in total. The Morgan fingerprint density at radius 3 is 2.50 bits per heavy atom. The first-order chi connectivity index (χ1) is 11.8. The first kappa shape index (κ1) is 16.5. The zero-order valence-electron chi connectivity index (χ0n) is 14.1. The number of hydrogen-bond donors (Lipinski definition) is 0. The van der Waals surface area contributed by atoms with E-state index in [4.69, 9.17) is 4.74 Å². The van der Waals surface area contributed by atoms with E-state index in [1.54, 1.807) is 6.20 Å². The molecule has 0 unspecified atom stereocenters. The molecule has 3 rings (SSSR count). The van der Waals surface area contributed by atoms with Crippen LogP contribution in [-0.2, 0) is 6.54 Å². The van der Waals surface area contributed by atoms with Crippen LogP contribution >= 0.6 is 0 Å². The van der Waals surface area contributed by atoms with Crippen molar-refractivity contribution in [3.8, 4) is 5.75 Å². The Hall–Kier alpha value is -2.34. The number of benzene rings is 1. The summed E-state index contributed by atoms with van der Waals surface area (Å²) in [7, 11) is 0. The Morgan fingerprint density at radius 2 is 1.88 bits per heavy atom. The molecule has 1 saturated heterocycles. The van der Waals surface area contributed by atoms with Gasteiger partial charge >= 0.3 is 0 Å². The number of nitrogens with zero attached hydrogens (tertiary/aromatic N) is 4. The van der Waals surface area contributed by atoms with Gasteiger partial charge in [0.05, 0.1) is 12.9 Å². The summed E-state index contributed by atoms with van der Waals surface area (Å²) in [5.74, 6) is 0.908. The van der Waals surface area contributed by atoms with E-state index in [2.05, 4.69) is 14.5 Å². The average molecular weight is 328 g/mol. The van der Waals surface area contributed by atoms with Crippen molar-refractivity contribution in [1.82, 2.24) is 19.4 Å². The molecule has 1 aromatic heterocycles. The quantitative estimate of drug-likeness (QED) is 0.810. The van der Waals surface area contributed by atoms with Gasteiger partial charge in [0, 0.05) is 57.2 Å². The normalized spacial score (nSPS) is 15.5. The maximum Gasteiger partial charge on any atom is 0.253 e. The van der Waals surface area contributed by atoms with Crippen molar-refractivity contribution in [3.63, 3.8) is 0 Å². The molecule has 0 N–H and O–H groups in total. The minimum absolute atomic E-state index is 0.104. The summed E-state index contributed by atoms with van der Waals surface area (Å²) in [6.45, 7) is 7.88. The minimum Gasteiger partial charge on any atom is -0.494 e. The van der Waals surface area contributed by atoms with Gasteiger partial charge in [-0.05, 0) is 31.2 Å². The van der Waals surface area contributed by atoms with Crippen LogP contribution in [0.15, 0.2) is 43.0 Å². The number of piperazine rings is 1. The van der Waals surface area contributed by atoms with Crippen molar-refractivity contribution >= 4 is 5.91 Å². The second kappa shape index (κ2) is 7.97. The lowest BCUT2D eigenvalue weighted by Gasteiger charge is -2.34. The Bertz CT molecular complexity index is 632. The lowest BCUT2D eigenvalue weighted by Crippen LogP contribution is -2.49. The highest BCUT2D eigenvalue weighted by molar-refractivity contribution is 5.94. The zero-order valence-corrected chi connectivity index (χ0v) is 14.1. The summed E-state index contributed by atoms with van der Waals surface area (Å²) in [4.78, 5) is 21.0. The first-order valence-electron chi connectivity index (χ1n) is 8.46. The number of carbonyl (C=O) groups is 1. The lowest BCUT2D eigenvalue weighted by atomic mass is 10.1.